The molecule has 2 rings (SSSR count). The quantitative estimate of drug-likeness (QED) is 0.867. The number of likely N-dealkylation sites (tertiary alicyclic amines) is 1. The molecule has 1 aliphatic heterocycles. The minimum Gasteiger partial charge on any atom is -0.341 e. The van der Waals surface area contributed by atoms with Crippen LogP contribution in [0.15, 0.2) is 6.07 Å². The maximum absolute atomic E-state index is 12.2. The fraction of sp³-hybridized carbons (Fsp3) is 0.692. The van der Waals surface area contributed by atoms with Crippen LogP contribution >= 0.6 is 0 Å². The van der Waals surface area contributed by atoms with Crippen molar-refractivity contribution in [2.24, 2.45) is 0 Å². The molecule has 7 nitrogen and oxygen atoms in total. The molecule has 1 aliphatic rings. The Labute approximate surface area is 125 Å². The molecule has 8 heteroatoms. The molecule has 1 N–H and O–H groups in total. The van der Waals surface area contributed by atoms with Gasteiger partial charge in [0.15, 0.2) is 0 Å². The van der Waals surface area contributed by atoms with Gasteiger partial charge >= 0.3 is 0 Å². The molecule has 0 bridgehead atoms. The number of sulfonamides is 1. The van der Waals surface area contributed by atoms with Crippen molar-refractivity contribution in [3.8, 4) is 0 Å². The number of nitrogens with one attached hydrogen (secondary N) is 1. The van der Waals surface area contributed by atoms with Crippen LogP contribution in [0.25, 0.3) is 0 Å². The van der Waals surface area contributed by atoms with E-state index >= 15 is 0 Å². The van der Waals surface area contributed by atoms with Gasteiger partial charge < -0.3 is 4.90 Å². The van der Waals surface area contributed by atoms with Gasteiger partial charge in [-0.3, -0.25) is 9.89 Å². The zero-order valence-corrected chi connectivity index (χ0v) is 13.5. The number of carbonyl (C=O) groups is 1. The molecule has 0 aliphatic carbocycles. The van der Waals surface area contributed by atoms with Gasteiger partial charge in [-0.2, -0.15) is 9.40 Å². The molecular weight excluding hydrogens is 292 g/mol. The van der Waals surface area contributed by atoms with Crippen molar-refractivity contribution in [3.63, 3.8) is 0 Å². The Bertz CT molecular complexity index is 611. The van der Waals surface area contributed by atoms with E-state index in [9.17, 15) is 13.2 Å². The van der Waals surface area contributed by atoms with Crippen LogP contribution in [0.2, 0.25) is 0 Å². The van der Waals surface area contributed by atoms with Crippen LogP contribution in [0.3, 0.4) is 0 Å². The van der Waals surface area contributed by atoms with Crippen LogP contribution in [0.5, 0.6) is 0 Å². The average Bonchev–Trinajstić information content (AvgIpc) is 2.84. The van der Waals surface area contributed by atoms with Gasteiger partial charge in [-0.25, -0.2) is 8.42 Å². The van der Waals surface area contributed by atoms with Gasteiger partial charge in [-0.05, 0) is 25.8 Å². The predicted molar refractivity (Wildman–Crippen MR) is 79.4 cm³/mol. The Hall–Kier alpha value is -1.41. The molecule has 21 heavy (non-hydrogen) atoms. The minimum absolute atomic E-state index is 0.106. The van der Waals surface area contributed by atoms with Crippen LogP contribution in [0, 0.1) is 6.92 Å². The van der Waals surface area contributed by atoms with Crippen LogP contribution in [0.4, 0.5) is 0 Å². The van der Waals surface area contributed by atoms with Crippen LogP contribution in [0.1, 0.15) is 30.1 Å². The second-order valence-corrected chi connectivity index (χ2v) is 7.76. The SMILES string of the molecule is Cc1cc(C2CCCN(C(=O)CN(C)S(C)(=O)=O)C2)n[nH]1. The van der Waals surface area contributed by atoms with Gasteiger partial charge in [0.25, 0.3) is 0 Å². The number of piperidine rings is 1. The maximum atomic E-state index is 12.2. The highest BCUT2D eigenvalue weighted by molar-refractivity contribution is 7.88. The molecular formula is C13H22N4O3S. The van der Waals surface area contributed by atoms with Gasteiger partial charge in [0.2, 0.25) is 15.9 Å². The minimum atomic E-state index is -3.33. The van der Waals surface area contributed by atoms with Crippen molar-refractivity contribution in [2.45, 2.75) is 25.7 Å². The molecule has 1 amide bonds. The molecule has 0 aromatic carbocycles. The first-order valence-corrected chi connectivity index (χ1v) is 8.83. The predicted octanol–water partition coefficient (Wildman–Crippen LogP) is 0.316. The highest BCUT2D eigenvalue weighted by Crippen LogP contribution is 2.26. The number of carbonyl (C=O) groups excluding carboxylic acids is 1. The topological polar surface area (TPSA) is 86.4 Å². The number of aromatic amines is 1. The Morgan fingerprint density at radius 3 is 2.86 bits per heavy atom. The fourth-order valence-electron chi connectivity index (χ4n) is 2.50. The van der Waals surface area contributed by atoms with Crippen molar-refractivity contribution < 1.29 is 13.2 Å². The lowest BCUT2D eigenvalue weighted by atomic mass is 9.94. The number of aryl methyl sites for hydroxylation is 1. The third-order valence-corrected chi connectivity index (χ3v) is 5.10. The van der Waals surface area contributed by atoms with Crippen molar-refractivity contribution in [2.75, 3.05) is 32.9 Å². The van der Waals surface area contributed by atoms with E-state index in [0.29, 0.717) is 13.1 Å². The number of H-pyrrole nitrogens is 1. The first-order valence-electron chi connectivity index (χ1n) is 6.98. The fourth-order valence-corrected chi connectivity index (χ4v) is 2.85. The standard InChI is InChI=1S/C13H22N4O3S/c1-10-7-12(15-14-10)11-5-4-6-17(8-11)13(18)9-16(2)21(3,19)20/h7,11H,4-6,8-9H2,1-3H3,(H,14,15). The van der Waals surface area contributed by atoms with Crippen LogP contribution < -0.4 is 0 Å². The molecule has 2 heterocycles. The number of nitrogens with zero attached hydrogens (tertiary/aromatic N) is 3. The summed E-state index contributed by atoms with van der Waals surface area (Å²) in [5, 5.41) is 7.19. The maximum Gasteiger partial charge on any atom is 0.237 e. The summed E-state index contributed by atoms with van der Waals surface area (Å²) in [6.07, 6.45) is 3.01. The zero-order chi connectivity index (χ0) is 15.6. The lowest BCUT2D eigenvalue weighted by Gasteiger charge is -2.32. The smallest absolute Gasteiger partial charge is 0.237 e. The van der Waals surface area contributed by atoms with Crippen LogP contribution in [-0.4, -0.2) is 66.7 Å². The second-order valence-electron chi connectivity index (χ2n) is 5.67. The number of hydrogen-bond donors (Lipinski definition) is 1. The summed E-state index contributed by atoms with van der Waals surface area (Å²) in [4.78, 5) is 14.0. The summed E-state index contributed by atoms with van der Waals surface area (Å²) >= 11 is 0. The van der Waals surface area contributed by atoms with E-state index < -0.39 is 10.0 Å². The molecule has 1 aromatic rings. The largest absolute Gasteiger partial charge is 0.341 e. The summed E-state index contributed by atoms with van der Waals surface area (Å²) in [7, 11) is -1.91. The Balaban J connectivity index is 1.99. The van der Waals surface area contributed by atoms with E-state index in [1.807, 2.05) is 13.0 Å². The number of aromatic nitrogens is 2. The van der Waals surface area contributed by atoms with E-state index in [1.54, 1.807) is 4.90 Å². The van der Waals surface area contributed by atoms with Crippen molar-refractivity contribution in [1.82, 2.24) is 19.4 Å². The third kappa shape index (κ3) is 4.04. The molecule has 0 saturated carbocycles. The van der Waals surface area contributed by atoms with Gasteiger partial charge in [0.1, 0.15) is 0 Å². The average molecular weight is 314 g/mol. The molecule has 1 aromatic heterocycles. The summed E-state index contributed by atoms with van der Waals surface area (Å²) in [5.74, 6) is 0.0658. The Morgan fingerprint density at radius 1 is 1.57 bits per heavy atom. The number of rotatable bonds is 4. The van der Waals surface area contributed by atoms with Crippen LogP contribution in [-0.2, 0) is 14.8 Å². The molecule has 0 spiro atoms. The number of likely N-dealkylation sites (N-methyl/N-ethyl adjacent to an activating group) is 1. The molecule has 0 radical (unpaired) electrons. The lowest BCUT2D eigenvalue weighted by Crippen LogP contribution is -2.44. The number of hydrogen-bond acceptors (Lipinski definition) is 4. The first kappa shape index (κ1) is 16.0. The number of amides is 1. The summed E-state index contributed by atoms with van der Waals surface area (Å²) in [6.45, 7) is 3.12. The van der Waals surface area contributed by atoms with E-state index in [0.717, 1.165) is 34.8 Å². The second kappa shape index (κ2) is 6.15. The summed E-state index contributed by atoms with van der Waals surface area (Å²) in [6, 6.07) is 2.00. The molecule has 1 fully saturated rings. The van der Waals surface area contributed by atoms with E-state index in [4.69, 9.17) is 0 Å². The highest BCUT2D eigenvalue weighted by Gasteiger charge is 2.27. The van der Waals surface area contributed by atoms with Gasteiger partial charge in [-0.1, -0.05) is 0 Å². The molecule has 1 atom stereocenters. The monoisotopic (exact) mass is 314 g/mol. The third-order valence-electron chi connectivity index (χ3n) is 3.84. The van der Waals surface area contributed by atoms with Gasteiger partial charge in [0, 0.05) is 31.7 Å². The normalized spacial score (nSPS) is 20.0. The van der Waals surface area contributed by atoms with Gasteiger partial charge in [-0.15, -0.1) is 0 Å². The summed E-state index contributed by atoms with van der Waals surface area (Å²) in [5.41, 5.74) is 1.98. The first-order chi connectivity index (χ1) is 9.77. The van der Waals surface area contributed by atoms with Crippen molar-refractivity contribution in [3.05, 3.63) is 17.5 Å². The Morgan fingerprint density at radius 2 is 2.29 bits per heavy atom. The molecule has 118 valence electrons. The summed E-state index contributed by atoms with van der Waals surface area (Å²) < 4.78 is 23.8. The lowest BCUT2D eigenvalue weighted by molar-refractivity contribution is -0.132. The molecule has 1 saturated heterocycles. The van der Waals surface area contributed by atoms with Crippen molar-refractivity contribution in [1.29, 1.82) is 0 Å². The van der Waals surface area contributed by atoms with E-state index in [-0.39, 0.29) is 18.4 Å². The Kier molecular flexibility index (Phi) is 4.67. The highest BCUT2D eigenvalue weighted by atomic mass is 32.2. The van der Waals surface area contributed by atoms with Crippen molar-refractivity contribution >= 4 is 15.9 Å². The van der Waals surface area contributed by atoms with E-state index in [2.05, 4.69) is 10.2 Å². The van der Waals surface area contributed by atoms with E-state index in [1.165, 1.54) is 7.05 Å². The zero-order valence-electron chi connectivity index (χ0n) is 12.7. The van der Waals surface area contributed by atoms with Gasteiger partial charge in [0.05, 0.1) is 18.5 Å². The molecule has 1 unspecified atom stereocenters.